The number of hydrogen-bond acceptors (Lipinski definition) is 4. The molecule has 0 saturated carbocycles. The highest BCUT2D eigenvalue weighted by Gasteiger charge is 2.25. The van der Waals surface area contributed by atoms with Crippen molar-refractivity contribution in [2.24, 2.45) is 0 Å². The molecule has 0 aromatic heterocycles. The fourth-order valence-corrected chi connectivity index (χ4v) is 3.70. The number of para-hydroxylation sites is 2. The van der Waals surface area contributed by atoms with Crippen molar-refractivity contribution in [2.45, 2.75) is 25.8 Å². The maximum Gasteiger partial charge on any atom is 0.265 e. The molecule has 2 aliphatic rings. The molecule has 0 bridgehead atoms. The van der Waals surface area contributed by atoms with Crippen molar-refractivity contribution >= 4 is 23.2 Å². The Morgan fingerprint density at radius 2 is 1.79 bits per heavy atom. The zero-order valence-corrected chi connectivity index (χ0v) is 15.9. The quantitative estimate of drug-likeness (QED) is 0.838. The number of carbonyl (C=O) groups excluding carboxylic acids is 2. The van der Waals surface area contributed by atoms with Crippen LogP contribution in [-0.4, -0.2) is 38.1 Å². The molecule has 6 nitrogen and oxygen atoms in total. The molecule has 0 aliphatic carbocycles. The van der Waals surface area contributed by atoms with E-state index in [0.29, 0.717) is 18.8 Å². The maximum atomic E-state index is 12.3. The number of anilines is 2. The summed E-state index contributed by atoms with van der Waals surface area (Å²) in [6, 6.07) is 15.8. The molecule has 28 heavy (non-hydrogen) atoms. The van der Waals surface area contributed by atoms with Crippen LogP contribution in [0.4, 0.5) is 11.4 Å². The van der Waals surface area contributed by atoms with E-state index in [9.17, 15) is 9.59 Å². The van der Waals surface area contributed by atoms with E-state index in [1.165, 1.54) is 18.5 Å². The number of ether oxygens (including phenoxy) is 1. The molecule has 4 rings (SSSR count). The maximum absolute atomic E-state index is 12.3. The van der Waals surface area contributed by atoms with Gasteiger partial charge in [-0.2, -0.15) is 0 Å². The minimum atomic E-state index is -0.121. The summed E-state index contributed by atoms with van der Waals surface area (Å²) >= 11 is 0. The van der Waals surface area contributed by atoms with Crippen molar-refractivity contribution in [3.05, 3.63) is 54.1 Å². The number of rotatable bonds is 6. The number of carbonyl (C=O) groups is 2. The lowest BCUT2D eigenvalue weighted by Crippen LogP contribution is -2.41. The first-order chi connectivity index (χ1) is 13.7. The summed E-state index contributed by atoms with van der Waals surface area (Å²) in [6.07, 6.45) is 2.77. The molecule has 2 aromatic rings. The van der Waals surface area contributed by atoms with Crippen molar-refractivity contribution < 1.29 is 14.3 Å². The Morgan fingerprint density at radius 1 is 1.04 bits per heavy atom. The van der Waals surface area contributed by atoms with Crippen molar-refractivity contribution in [3.63, 3.8) is 0 Å². The van der Waals surface area contributed by atoms with E-state index in [-0.39, 0.29) is 24.8 Å². The lowest BCUT2D eigenvalue weighted by molar-refractivity contribution is -0.122. The second-order valence-electron chi connectivity index (χ2n) is 7.19. The smallest absolute Gasteiger partial charge is 0.265 e. The molecule has 0 atom stereocenters. The van der Waals surface area contributed by atoms with Crippen molar-refractivity contribution in [1.82, 2.24) is 5.32 Å². The average molecular weight is 379 g/mol. The third kappa shape index (κ3) is 4.11. The molecule has 146 valence electrons. The Hall–Kier alpha value is -3.02. The molecular formula is C22H25N3O3. The molecular weight excluding hydrogens is 354 g/mol. The highest BCUT2D eigenvalue weighted by molar-refractivity contribution is 5.98. The Bertz CT molecular complexity index is 844. The second-order valence-corrected chi connectivity index (χ2v) is 7.19. The molecule has 1 saturated heterocycles. The number of benzene rings is 2. The minimum absolute atomic E-state index is 0.0159. The summed E-state index contributed by atoms with van der Waals surface area (Å²) in [7, 11) is 0. The summed E-state index contributed by atoms with van der Waals surface area (Å²) in [4.78, 5) is 28.4. The van der Waals surface area contributed by atoms with Gasteiger partial charge in [-0.3, -0.25) is 9.59 Å². The zero-order valence-electron chi connectivity index (χ0n) is 15.9. The van der Waals surface area contributed by atoms with Gasteiger partial charge in [-0.25, -0.2) is 0 Å². The van der Waals surface area contributed by atoms with E-state index < -0.39 is 0 Å². The first-order valence-electron chi connectivity index (χ1n) is 9.83. The van der Waals surface area contributed by atoms with Crippen LogP contribution < -0.4 is 19.9 Å². The van der Waals surface area contributed by atoms with Gasteiger partial charge in [0, 0.05) is 38.3 Å². The third-order valence-electron chi connectivity index (χ3n) is 5.27. The van der Waals surface area contributed by atoms with Crippen LogP contribution in [0.3, 0.4) is 0 Å². The van der Waals surface area contributed by atoms with E-state index in [1.807, 2.05) is 24.3 Å². The minimum Gasteiger partial charge on any atom is -0.482 e. The molecule has 1 N–H and O–H groups in total. The second kappa shape index (κ2) is 8.33. The number of fused-ring (bicyclic) bond motifs is 1. The van der Waals surface area contributed by atoms with Gasteiger partial charge in [0.05, 0.1) is 5.69 Å². The molecule has 6 heteroatoms. The average Bonchev–Trinajstić information content (AvgIpc) is 3.27. The van der Waals surface area contributed by atoms with Gasteiger partial charge in [-0.05, 0) is 42.7 Å². The molecule has 2 aliphatic heterocycles. The number of nitrogens with zero attached hydrogens (tertiary/aromatic N) is 2. The van der Waals surface area contributed by atoms with Crippen LogP contribution in [0.25, 0.3) is 0 Å². The molecule has 2 aromatic carbocycles. The van der Waals surface area contributed by atoms with Gasteiger partial charge in [-0.1, -0.05) is 24.3 Å². The summed E-state index contributed by atoms with van der Waals surface area (Å²) in [5.74, 6) is 0.491. The summed E-state index contributed by atoms with van der Waals surface area (Å²) in [5, 5.41) is 2.94. The normalized spacial score (nSPS) is 15.9. The fourth-order valence-electron chi connectivity index (χ4n) is 3.70. The van der Waals surface area contributed by atoms with Gasteiger partial charge in [-0.15, -0.1) is 0 Å². The summed E-state index contributed by atoms with van der Waals surface area (Å²) in [5.41, 5.74) is 3.05. The van der Waals surface area contributed by atoms with Crippen LogP contribution in [0.2, 0.25) is 0 Å². The van der Waals surface area contributed by atoms with Crippen LogP contribution in [0.5, 0.6) is 5.75 Å². The van der Waals surface area contributed by atoms with Gasteiger partial charge in [0.25, 0.3) is 5.91 Å². The fraction of sp³-hybridized carbons (Fsp3) is 0.364. The number of amides is 2. The third-order valence-corrected chi connectivity index (χ3v) is 5.27. The Balaban J connectivity index is 1.27. The van der Waals surface area contributed by atoms with E-state index in [2.05, 4.69) is 34.5 Å². The van der Waals surface area contributed by atoms with E-state index in [1.54, 1.807) is 4.90 Å². The lowest BCUT2D eigenvalue weighted by Gasteiger charge is -2.29. The van der Waals surface area contributed by atoms with Crippen molar-refractivity contribution in [3.8, 4) is 5.75 Å². The van der Waals surface area contributed by atoms with Crippen LogP contribution in [0.1, 0.15) is 24.8 Å². The largest absolute Gasteiger partial charge is 0.482 e. The van der Waals surface area contributed by atoms with Crippen LogP contribution in [-0.2, 0) is 16.1 Å². The van der Waals surface area contributed by atoms with E-state index in [4.69, 9.17) is 4.74 Å². The van der Waals surface area contributed by atoms with Crippen LogP contribution in [0, 0.1) is 0 Å². The predicted octanol–water partition coefficient (Wildman–Crippen LogP) is 2.72. The molecule has 2 heterocycles. The van der Waals surface area contributed by atoms with Crippen molar-refractivity contribution in [2.75, 3.05) is 36.0 Å². The number of nitrogens with one attached hydrogen (secondary N) is 1. The lowest BCUT2D eigenvalue weighted by atomic mass is 10.2. The van der Waals surface area contributed by atoms with E-state index >= 15 is 0 Å². The predicted molar refractivity (Wildman–Crippen MR) is 109 cm³/mol. The van der Waals surface area contributed by atoms with Gasteiger partial charge in [0.2, 0.25) is 5.91 Å². The molecule has 2 amide bonds. The standard InChI is InChI=1S/C22H25N3O3/c26-21(11-14-25-19-5-1-2-6-20(19)28-16-22(25)27)23-15-17-7-9-18(10-8-17)24-12-3-4-13-24/h1-2,5-10H,3-4,11-16H2,(H,23,26). The van der Waals surface area contributed by atoms with Gasteiger partial charge < -0.3 is 19.9 Å². The van der Waals surface area contributed by atoms with Gasteiger partial charge in [0.15, 0.2) is 6.61 Å². The van der Waals surface area contributed by atoms with Gasteiger partial charge >= 0.3 is 0 Å². The first-order valence-corrected chi connectivity index (χ1v) is 9.83. The Morgan fingerprint density at radius 3 is 2.57 bits per heavy atom. The summed E-state index contributed by atoms with van der Waals surface area (Å²) < 4.78 is 5.43. The van der Waals surface area contributed by atoms with Gasteiger partial charge in [0.1, 0.15) is 5.75 Å². The Labute approximate surface area is 165 Å². The molecule has 0 spiro atoms. The summed E-state index contributed by atoms with van der Waals surface area (Å²) in [6.45, 7) is 3.10. The monoisotopic (exact) mass is 379 g/mol. The molecule has 1 fully saturated rings. The molecule has 0 radical (unpaired) electrons. The number of hydrogen-bond donors (Lipinski definition) is 1. The molecule has 0 unspecified atom stereocenters. The SMILES string of the molecule is O=C(CCN1C(=O)COc2ccccc21)NCc1ccc(N2CCCC2)cc1. The highest BCUT2D eigenvalue weighted by Crippen LogP contribution is 2.31. The highest BCUT2D eigenvalue weighted by atomic mass is 16.5. The first kappa shape index (κ1) is 18.3. The zero-order chi connectivity index (χ0) is 19.3. The Kier molecular flexibility index (Phi) is 5.46. The van der Waals surface area contributed by atoms with Crippen LogP contribution >= 0.6 is 0 Å². The topological polar surface area (TPSA) is 61.9 Å². The van der Waals surface area contributed by atoms with Crippen LogP contribution in [0.15, 0.2) is 48.5 Å². The van der Waals surface area contributed by atoms with Crippen molar-refractivity contribution in [1.29, 1.82) is 0 Å². The van der Waals surface area contributed by atoms with E-state index in [0.717, 1.165) is 24.3 Å².